The van der Waals surface area contributed by atoms with Gasteiger partial charge >= 0.3 is 0 Å². The zero-order valence-corrected chi connectivity index (χ0v) is 13.7. The fraction of sp³-hybridized carbons (Fsp3) is 0.389. The molecule has 3 aromatic rings. The minimum Gasteiger partial charge on any atom is -0.472 e. The first-order valence-electron chi connectivity index (χ1n) is 8.47. The van der Waals surface area contributed by atoms with Gasteiger partial charge < -0.3 is 10.1 Å². The molecule has 2 aromatic heterocycles. The van der Waals surface area contributed by atoms with Crippen molar-refractivity contribution in [3.05, 3.63) is 42.9 Å². The molecule has 0 radical (unpaired) electrons. The van der Waals surface area contributed by atoms with Crippen LogP contribution in [-0.2, 0) is 0 Å². The molecule has 0 unspecified atom stereocenters. The quantitative estimate of drug-likeness (QED) is 0.799. The highest BCUT2D eigenvalue weighted by molar-refractivity contribution is 5.79. The molecule has 3 heterocycles. The number of hydrogen-bond donors (Lipinski definition) is 1. The predicted molar refractivity (Wildman–Crippen MR) is 92.3 cm³/mol. The summed E-state index contributed by atoms with van der Waals surface area (Å²) in [4.78, 5) is 8.91. The van der Waals surface area contributed by atoms with Gasteiger partial charge in [-0.3, -0.25) is 4.98 Å². The molecular formula is C18H21N5O. The molecule has 2 atom stereocenters. The fourth-order valence-corrected chi connectivity index (χ4v) is 3.30. The second-order valence-corrected chi connectivity index (χ2v) is 6.15. The van der Waals surface area contributed by atoms with E-state index in [2.05, 4.69) is 27.3 Å². The van der Waals surface area contributed by atoms with Crippen molar-refractivity contribution in [1.82, 2.24) is 25.1 Å². The molecule has 4 rings (SSSR count). The molecule has 1 fully saturated rings. The third-order valence-corrected chi connectivity index (χ3v) is 4.65. The number of fused-ring (bicyclic) bond motifs is 1. The zero-order chi connectivity index (χ0) is 16.4. The minimum absolute atomic E-state index is 0.141. The molecule has 0 bridgehead atoms. The Labute approximate surface area is 140 Å². The Morgan fingerprint density at radius 2 is 2.17 bits per heavy atom. The van der Waals surface area contributed by atoms with E-state index in [-0.39, 0.29) is 6.10 Å². The lowest BCUT2D eigenvalue weighted by Gasteiger charge is -2.31. The predicted octanol–water partition coefficient (Wildman–Crippen LogP) is 2.58. The minimum atomic E-state index is 0.141. The number of benzene rings is 1. The highest BCUT2D eigenvalue weighted by atomic mass is 16.5. The first kappa shape index (κ1) is 15.1. The smallest absolute Gasteiger partial charge is 0.234 e. The number of piperidine rings is 1. The van der Waals surface area contributed by atoms with Gasteiger partial charge in [-0.2, -0.15) is 10.1 Å². The highest BCUT2D eigenvalue weighted by Gasteiger charge is 2.25. The SMILES string of the molecule is CC[C@H]1CCNC[C@@H]1Oc1cncc(-n2ncc3ccccc32)n1. The van der Waals surface area contributed by atoms with Crippen LogP contribution in [0.15, 0.2) is 42.9 Å². The third-order valence-electron chi connectivity index (χ3n) is 4.65. The van der Waals surface area contributed by atoms with Crippen LogP contribution in [0.25, 0.3) is 16.7 Å². The van der Waals surface area contributed by atoms with E-state index in [1.807, 2.05) is 30.5 Å². The molecular weight excluding hydrogens is 302 g/mol. The lowest BCUT2D eigenvalue weighted by molar-refractivity contribution is 0.0971. The fourth-order valence-electron chi connectivity index (χ4n) is 3.30. The molecule has 0 spiro atoms. The second kappa shape index (κ2) is 6.57. The van der Waals surface area contributed by atoms with Crippen molar-refractivity contribution in [1.29, 1.82) is 0 Å². The summed E-state index contributed by atoms with van der Waals surface area (Å²) < 4.78 is 7.93. The Morgan fingerprint density at radius 1 is 1.25 bits per heavy atom. The summed E-state index contributed by atoms with van der Waals surface area (Å²) in [6.45, 7) is 4.13. The van der Waals surface area contributed by atoms with Crippen LogP contribution in [-0.4, -0.2) is 38.9 Å². The van der Waals surface area contributed by atoms with E-state index in [0.717, 1.165) is 36.8 Å². The van der Waals surface area contributed by atoms with Crippen molar-refractivity contribution in [3.63, 3.8) is 0 Å². The molecule has 0 amide bonds. The Bertz CT molecular complexity index is 831. The molecule has 6 heteroatoms. The van der Waals surface area contributed by atoms with E-state index >= 15 is 0 Å². The van der Waals surface area contributed by atoms with Gasteiger partial charge in [0.15, 0.2) is 5.82 Å². The number of aromatic nitrogens is 4. The summed E-state index contributed by atoms with van der Waals surface area (Å²) in [5, 5.41) is 8.90. The molecule has 24 heavy (non-hydrogen) atoms. The Morgan fingerprint density at radius 3 is 3.08 bits per heavy atom. The highest BCUT2D eigenvalue weighted by Crippen LogP contribution is 2.22. The van der Waals surface area contributed by atoms with Crippen LogP contribution in [0.5, 0.6) is 5.88 Å². The molecule has 1 N–H and O–H groups in total. The van der Waals surface area contributed by atoms with Crippen LogP contribution in [0.3, 0.4) is 0 Å². The molecule has 0 aliphatic carbocycles. The van der Waals surface area contributed by atoms with Gasteiger partial charge in [-0.15, -0.1) is 0 Å². The largest absolute Gasteiger partial charge is 0.472 e. The van der Waals surface area contributed by atoms with Gasteiger partial charge in [-0.1, -0.05) is 25.1 Å². The number of para-hydroxylation sites is 1. The third kappa shape index (κ3) is 2.85. The lowest BCUT2D eigenvalue weighted by atomic mass is 9.92. The van der Waals surface area contributed by atoms with Crippen LogP contribution in [0, 0.1) is 5.92 Å². The molecule has 124 valence electrons. The van der Waals surface area contributed by atoms with Gasteiger partial charge in [0.2, 0.25) is 5.88 Å². The van der Waals surface area contributed by atoms with E-state index in [1.54, 1.807) is 17.1 Å². The maximum Gasteiger partial charge on any atom is 0.234 e. The topological polar surface area (TPSA) is 64.9 Å². The van der Waals surface area contributed by atoms with E-state index in [9.17, 15) is 0 Å². The molecule has 1 aliphatic rings. The van der Waals surface area contributed by atoms with Crippen molar-refractivity contribution in [3.8, 4) is 11.7 Å². The zero-order valence-electron chi connectivity index (χ0n) is 13.7. The van der Waals surface area contributed by atoms with Crippen molar-refractivity contribution in [2.24, 2.45) is 5.92 Å². The molecule has 1 aliphatic heterocycles. The summed E-state index contributed by atoms with van der Waals surface area (Å²) in [5.74, 6) is 1.78. The Balaban J connectivity index is 1.62. The summed E-state index contributed by atoms with van der Waals surface area (Å²) in [6.07, 6.45) is 7.62. The summed E-state index contributed by atoms with van der Waals surface area (Å²) >= 11 is 0. The van der Waals surface area contributed by atoms with Gasteiger partial charge in [0.25, 0.3) is 0 Å². The number of nitrogens with zero attached hydrogens (tertiary/aromatic N) is 4. The first-order chi connectivity index (χ1) is 11.8. The lowest BCUT2D eigenvalue weighted by Crippen LogP contribution is -2.43. The monoisotopic (exact) mass is 323 g/mol. The van der Waals surface area contributed by atoms with Crippen LogP contribution in [0.4, 0.5) is 0 Å². The van der Waals surface area contributed by atoms with Crippen molar-refractivity contribution in [2.45, 2.75) is 25.9 Å². The number of rotatable bonds is 4. The Hall–Kier alpha value is -2.47. The molecule has 6 nitrogen and oxygen atoms in total. The van der Waals surface area contributed by atoms with Crippen LogP contribution >= 0.6 is 0 Å². The summed E-state index contributed by atoms with van der Waals surface area (Å²) in [5.41, 5.74) is 1.01. The number of ether oxygens (including phenoxy) is 1. The number of nitrogens with one attached hydrogen (secondary N) is 1. The summed E-state index contributed by atoms with van der Waals surface area (Å²) in [7, 11) is 0. The first-order valence-corrected chi connectivity index (χ1v) is 8.47. The Kier molecular flexibility index (Phi) is 4.13. The van der Waals surface area contributed by atoms with Crippen molar-refractivity contribution < 1.29 is 4.74 Å². The average molecular weight is 323 g/mol. The van der Waals surface area contributed by atoms with E-state index in [0.29, 0.717) is 17.6 Å². The maximum atomic E-state index is 6.13. The van der Waals surface area contributed by atoms with Gasteiger partial charge in [-0.05, 0) is 31.4 Å². The van der Waals surface area contributed by atoms with E-state index in [4.69, 9.17) is 4.74 Å². The number of hydrogen-bond acceptors (Lipinski definition) is 5. The van der Waals surface area contributed by atoms with Crippen molar-refractivity contribution >= 4 is 10.9 Å². The van der Waals surface area contributed by atoms with Crippen LogP contribution in [0.2, 0.25) is 0 Å². The van der Waals surface area contributed by atoms with Crippen molar-refractivity contribution in [2.75, 3.05) is 13.1 Å². The molecule has 0 saturated carbocycles. The summed E-state index contributed by atoms with van der Waals surface area (Å²) in [6, 6.07) is 8.05. The average Bonchev–Trinajstić information content (AvgIpc) is 3.06. The van der Waals surface area contributed by atoms with Crippen LogP contribution in [0.1, 0.15) is 19.8 Å². The second-order valence-electron chi connectivity index (χ2n) is 6.15. The van der Waals surface area contributed by atoms with Gasteiger partial charge in [0.05, 0.1) is 24.1 Å². The van der Waals surface area contributed by atoms with E-state index in [1.165, 1.54) is 0 Å². The van der Waals surface area contributed by atoms with Gasteiger partial charge in [-0.25, -0.2) is 4.68 Å². The van der Waals surface area contributed by atoms with Gasteiger partial charge in [0.1, 0.15) is 6.10 Å². The molecule has 1 saturated heterocycles. The maximum absolute atomic E-state index is 6.13. The van der Waals surface area contributed by atoms with Gasteiger partial charge in [0, 0.05) is 11.9 Å². The normalized spacial score (nSPS) is 21.0. The standard InChI is InChI=1S/C18H21N5O/c1-2-13-7-8-19-10-16(13)24-18-12-20-11-17(22-18)23-15-6-4-3-5-14(15)9-21-23/h3-6,9,11-13,16,19H,2,7-8,10H2,1H3/t13-,16-/m0/s1. The molecule has 1 aromatic carbocycles. The van der Waals surface area contributed by atoms with E-state index < -0.39 is 0 Å². The van der Waals surface area contributed by atoms with Crippen LogP contribution < -0.4 is 10.1 Å².